The Hall–Kier alpha value is -2.45. The normalized spacial score (nSPS) is 12.4. The molecule has 1 amide bonds. The van der Waals surface area contributed by atoms with Crippen molar-refractivity contribution in [3.05, 3.63) is 36.0 Å². The third kappa shape index (κ3) is 6.99. The lowest BCUT2D eigenvalue weighted by Gasteiger charge is -2.14. The van der Waals surface area contributed by atoms with E-state index in [2.05, 4.69) is 29.3 Å². The molecule has 0 aliphatic heterocycles. The van der Waals surface area contributed by atoms with Gasteiger partial charge >= 0.3 is 0 Å². The summed E-state index contributed by atoms with van der Waals surface area (Å²) in [5.74, 6) is 1.95. The molecule has 8 nitrogen and oxygen atoms in total. The van der Waals surface area contributed by atoms with E-state index in [0.29, 0.717) is 42.2 Å². The van der Waals surface area contributed by atoms with E-state index < -0.39 is 0 Å². The Morgan fingerprint density at radius 3 is 2.81 bits per heavy atom. The lowest BCUT2D eigenvalue weighted by molar-refractivity contribution is -0.117. The number of anilines is 1. The highest BCUT2D eigenvalue weighted by Crippen LogP contribution is 2.17. The summed E-state index contributed by atoms with van der Waals surface area (Å²) in [6.45, 7) is 7.25. The first-order valence-corrected chi connectivity index (χ1v) is 8.94. The largest absolute Gasteiger partial charge is 0.497 e. The molecule has 8 heteroatoms. The van der Waals surface area contributed by atoms with Crippen LogP contribution in [0.3, 0.4) is 0 Å². The molecule has 1 atom stereocenters. The second-order valence-electron chi connectivity index (χ2n) is 6.87. The zero-order valence-corrected chi connectivity index (χ0v) is 16.6. The fraction of sp³-hybridized carbons (Fsp3) is 0.526. The number of likely N-dealkylation sites (N-methyl/N-ethyl adjacent to an activating group) is 1. The molecule has 1 N–H and O–H groups in total. The number of carbonyl (C=O) groups is 1. The van der Waals surface area contributed by atoms with E-state index >= 15 is 0 Å². The van der Waals surface area contributed by atoms with Crippen LogP contribution in [0, 0.1) is 5.92 Å². The Morgan fingerprint density at radius 2 is 2.11 bits per heavy atom. The van der Waals surface area contributed by atoms with Gasteiger partial charge < -0.3 is 19.3 Å². The molecule has 27 heavy (non-hydrogen) atoms. The second kappa shape index (κ2) is 10.0. The van der Waals surface area contributed by atoms with Gasteiger partial charge in [0, 0.05) is 18.4 Å². The van der Waals surface area contributed by atoms with Gasteiger partial charge in [0.2, 0.25) is 11.8 Å². The lowest BCUT2D eigenvalue weighted by atomic mass is 10.2. The smallest absolute Gasteiger partial charge is 0.240 e. The third-order valence-electron chi connectivity index (χ3n) is 3.70. The lowest BCUT2D eigenvalue weighted by Crippen LogP contribution is -2.30. The van der Waals surface area contributed by atoms with E-state index in [-0.39, 0.29) is 18.6 Å². The van der Waals surface area contributed by atoms with E-state index in [1.165, 1.54) is 0 Å². The van der Waals surface area contributed by atoms with Gasteiger partial charge in [-0.15, -0.1) is 0 Å². The van der Waals surface area contributed by atoms with Crippen molar-refractivity contribution in [1.29, 1.82) is 0 Å². The van der Waals surface area contributed by atoms with E-state index in [4.69, 9.17) is 14.0 Å². The maximum absolute atomic E-state index is 12.2. The van der Waals surface area contributed by atoms with E-state index in [1.54, 1.807) is 18.1 Å². The molecule has 0 fully saturated rings. The van der Waals surface area contributed by atoms with Gasteiger partial charge in [-0.05, 0) is 32.0 Å². The molecule has 0 bridgehead atoms. The van der Waals surface area contributed by atoms with Gasteiger partial charge in [0.1, 0.15) is 11.9 Å². The van der Waals surface area contributed by atoms with Gasteiger partial charge in [0.25, 0.3) is 0 Å². The molecule has 1 heterocycles. The van der Waals surface area contributed by atoms with Crippen molar-refractivity contribution in [2.75, 3.05) is 32.6 Å². The van der Waals surface area contributed by atoms with Crippen LogP contribution in [0.15, 0.2) is 28.8 Å². The standard InChI is InChI=1S/C19H28N4O4/c1-13(2)12-26-14(3)19-21-18(27-22-19)11-23(4)10-17(24)20-15-7-6-8-16(9-15)25-5/h6-9,13-14H,10-12H2,1-5H3,(H,20,24)/t14-/m1/s1. The first-order valence-electron chi connectivity index (χ1n) is 8.94. The fourth-order valence-corrected chi connectivity index (χ4v) is 2.34. The summed E-state index contributed by atoms with van der Waals surface area (Å²) in [6.07, 6.45) is -0.230. The summed E-state index contributed by atoms with van der Waals surface area (Å²) in [6, 6.07) is 7.21. The molecule has 2 aromatic rings. The molecule has 2 rings (SSSR count). The Morgan fingerprint density at radius 1 is 1.33 bits per heavy atom. The Labute approximate surface area is 159 Å². The molecular weight excluding hydrogens is 348 g/mol. The van der Waals surface area contributed by atoms with Crippen molar-refractivity contribution in [2.24, 2.45) is 5.92 Å². The predicted molar refractivity (Wildman–Crippen MR) is 101 cm³/mol. The van der Waals surface area contributed by atoms with Crippen LogP contribution in [0.1, 0.15) is 38.6 Å². The highest BCUT2D eigenvalue weighted by Gasteiger charge is 2.17. The fourth-order valence-electron chi connectivity index (χ4n) is 2.34. The van der Waals surface area contributed by atoms with Gasteiger partial charge in [-0.3, -0.25) is 9.69 Å². The molecule has 1 aromatic heterocycles. The van der Waals surface area contributed by atoms with Crippen LogP contribution in [0.2, 0.25) is 0 Å². The number of ether oxygens (including phenoxy) is 2. The highest BCUT2D eigenvalue weighted by atomic mass is 16.5. The first kappa shape index (κ1) is 20.9. The van der Waals surface area contributed by atoms with Crippen molar-refractivity contribution in [2.45, 2.75) is 33.4 Å². The van der Waals surface area contributed by atoms with Crippen LogP contribution in [0.4, 0.5) is 5.69 Å². The molecule has 0 radical (unpaired) electrons. The molecule has 0 saturated carbocycles. The minimum Gasteiger partial charge on any atom is -0.497 e. The highest BCUT2D eigenvalue weighted by molar-refractivity contribution is 5.92. The summed E-state index contributed by atoms with van der Waals surface area (Å²) in [5.41, 5.74) is 0.684. The SMILES string of the molecule is COc1cccc(NC(=O)CN(C)Cc2nc([C@@H](C)OCC(C)C)no2)c1. The van der Waals surface area contributed by atoms with Crippen molar-refractivity contribution < 1.29 is 18.8 Å². The molecule has 0 aliphatic carbocycles. The van der Waals surface area contributed by atoms with Crippen LogP contribution < -0.4 is 10.1 Å². The summed E-state index contributed by atoms with van der Waals surface area (Å²) >= 11 is 0. The van der Waals surface area contributed by atoms with E-state index in [0.717, 1.165) is 0 Å². The summed E-state index contributed by atoms with van der Waals surface area (Å²) in [7, 11) is 3.40. The van der Waals surface area contributed by atoms with Crippen molar-refractivity contribution in [1.82, 2.24) is 15.0 Å². The van der Waals surface area contributed by atoms with Crippen LogP contribution in [0.5, 0.6) is 5.75 Å². The number of amides is 1. The number of benzene rings is 1. The monoisotopic (exact) mass is 376 g/mol. The summed E-state index contributed by atoms with van der Waals surface area (Å²) in [5, 5.41) is 6.80. The number of methoxy groups -OCH3 is 1. The van der Waals surface area contributed by atoms with Crippen LogP contribution >= 0.6 is 0 Å². The number of hydrogen-bond donors (Lipinski definition) is 1. The van der Waals surface area contributed by atoms with E-state index in [1.807, 2.05) is 32.2 Å². The molecular formula is C19H28N4O4. The number of aromatic nitrogens is 2. The molecule has 148 valence electrons. The van der Waals surface area contributed by atoms with Gasteiger partial charge in [0.05, 0.1) is 20.2 Å². The van der Waals surface area contributed by atoms with Crippen LogP contribution in [0.25, 0.3) is 0 Å². The third-order valence-corrected chi connectivity index (χ3v) is 3.70. The zero-order chi connectivity index (χ0) is 19.8. The van der Waals surface area contributed by atoms with Crippen LogP contribution in [-0.4, -0.2) is 48.3 Å². The van der Waals surface area contributed by atoms with Gasteiger partial charge in [0.15, 0.2) is 5.82 Å². The maximum atomic E-state index is 12.2. The molecule has 0 saturated heterocycles. The number of hydrogen-bond acceptors (Lipinski definition) is 7. The Bertz CT molecular complexity index is 732. The predicted octanol–water partition coefficient (Wildman–Crippen LogP) is 2.88. The number of nitrogens with one attached hydrogen (secondary N) is 1. The summed E-state index contributed by atoms with van der Waals surface area (Å²) in [4.78, 5) is 18.3. The average Bonchev–Trinajstić information content (AvgIpc) is 3.07. The Balaban J connectivity index is 1.82. The van der Waals surface area contributed by atoms with Crippen molar-refractivity contribution in [3.63, 3.8) is 0 Å². The van der Waals surface area contributed by atoms with Crippen LogP contribution in [-0.2, 0) is 16.1 Å². The van der Waals surface area contributed by atoms with Crippen molar-refractivity contribution in [3.8, 4) is 5.75 Å². The van der Waals surface area contributed by atoms with Crippen molar-refractivity contribution >= 4 is 11.6 Å². The average molecular weight is 376 g/mol. The minimum absolute atomic E-state index is 0.140. The molecule has 0 spiro atoms. The molecule has 1 aromatic carbocycles. The molecule has 0 unspecified atom stereocenters. The van der Waals surface area contributed by atoms with Gasteiger partial charge in [-0.2, -0.15) is 4.98 Å². The first-order chi connectivity index (χ1) is 12.9. The number of carbonyl (C=O) groups excluding carboxylic acids is 1. The van der Waals surface area contributed by atoms with Gasteiger partial charge in [-0.25, -0.2) is 0 Å². The maximum Gasteiger partial charge on any atom is 0.240 e. The Kier molecular flexibility index (Phi) is 7.75. The quantitative estimate of drug-likeness (QED) is 0.682. The molecule has 0 aliphatic rings. The number of nitrogens with zero attached hydrogens (tertiary/aromatic N) is 3. The topological polar surface area (TPSA) is 89.7 Å². The second-order valence-corrected chi connectivity index (χ2v) is 6.87. The van der Waals surface area contributed by atoms with Gasteiger partial charge in [-0.1, -0.05) is 25.1 Å². The summed E-state index contributed by atoms with van der Waals surface area (Å²) < 4.78 is 16.1. The van der Waals surface area contributed by atoms with E-state index in [9.17, 15) is 4.79 Å². The minimum atomic E-state index is -0.230. The zero-order valence-electron chi connectivity index (χ0n) is 16.6. The number of rotatable bonds is 10.